The molecule has 1 saturated heterocycles. The first-order valence-corrected chi connectivity index (χ1v) is 8.85. The minimum atomic E-state index is -0.464. The first-order valence-electron chi connectivity index (χ1n) is 7.97. The van der Waals surface area contributed by atoms with Gasteiger partial charge in [0.15, 0.2) is 5.13 Å². The summed E-state index contributed by atoms with van der Waals surface area (Å²) < 4.78 is 0. The summed E-state index contributed by atoms with van der Waals surface area (Å²) in [7, 11) is 0. The van der Waals surface area contributed by atoms with Crippen LogP contribution in [0.15, 0.2) is 5.38 Å². The zero-order valence-electron chi connectivity index (χ0n) is 15.3. The Hall–Kier alpha value is -0.890. The predicted molar refractivity (Wildman–Crippen MR) is 107 cm³/mol. The lowest BCUT2D eigenvalue weighted by atomic mass is 9.96. The third-order valence-electron chi connectivity index (χ3n) is 4.14. The maximum absolute atomic E-state index is 12.5. The minimum absolute atomic E-state index is 0. The van der Waals surface area contributed by atoms with Crippen molar-refractivity contribution in [2.45, 2.75) is 53.1 Å². The normalized spacial score (nSPS) is 20.3. The molecule has 2 rings (SSSR count). The maximum atomic E-state index is 12.5. The second-order valence-electron chi connectivity index (χ2n) is 7.10. The smallest absolute Gasteiger partial charge is 0.231 e. The number of rotatable bonds is 3. The molecule has 2 N–H and O–H groups in total. The molecule has 2 amide bonds. The van der Waals surface area contributed by atoms with Crippen LogP contribution < -0.4 is 10.6 Å². The number of hydrogen-bond donors (Lipinski definition) is 2. The summed E-state index contributed by atoms with van der Waals surface area (Å²) in [5, 5.41) is 8.56. The monoisotopic (exact) mass is 410 g/mol. The van der Waals surface area contributed by atoms with E-state index in [4.69, 9.17) is 0 Å². The fourth-order valence-corrected chi connectivity index (χ4v) is 3.10. The number of hydrogen-bond acceptors (Lipinski definition) is 5. The van der Waals surface area contributed by atoms with Gasteiger partial charge in [-0.3, -0.25) is 9.59 Å². The topological polar surface area (TPSA) is 74.3 Å². The van der Waals surface area contributed by atoms with E-state index in [0.29, 0.717) is 16.9 Å². The molecule has 1 fully saturated rings. The molecule has 0 aliphatic carbocycles. The number of carbonyl (C=O) groups is 2. The van der Waals surface area contributed by atoms with Gasteiger partial charge in [0.2, 0.25) is 11.8 Å². The van der Waals surface area contributed by atoms with Crippen LogP contribution >= 0.6 is 36.2 Å². The molecule has 144 valence electrons. The average Bonchev–Trinajstić information content (AvgIpc) is 2.87. The molecule has 1 aliphatic rings. The van der Waals surface area contributed by atoms with Crippen molar-refractivity contribution in [2.75, 3.05) is 18.4 Å². The zero-order valence-corrected chi connectivity index (χ0v) is 17.7. The Bertz CT molecular complexity index is 589. The van der Waals surface area contributed by atoms with E-state index < -0.39 is 5.41 Å². The van der Waals surface area contributed by atoms with E-state index in [1.54, 1.807) is 0 Å². The summed E-state index contributed by atoms with van der Waals surface area (Å²) in [6.07, 6.45) is 0.277. The second kappa shape index (κ2) is 9.71. The van der Waals surface area contributed by atoms with Crippen molar-refractivity contribution in [3.05, 3.63) is 11.1 Å². The van der Waals surface area contributed by atoms with Gasteiger partial charge in [-0.25, -0.2) is 4.98 Å². The van der Waals surface area contributed by atoms with Crippen LogP contribution in [0.4, 0.5) is 5.13 Å². The molecule has 1 aliphatic heterocycles. The van der Waals surface area contributed by atoms with E-state index >= 15 is 0 Å². The van der Waals surface area contributed by atoms with Gasteiger partial charge in [0.05, 0.1) is 12.1 Å². The Morgan fingerprint density at radius 3 is 2.60 bits per heavy atom. The molecule has 2 atom stereocenters. The largest absolute Gasteiger partial charge is 0.337 e. The maximum Gasteiger partial charge on any atom is 0.231 e. The quantitative estimate of drug-likeness (QED) is 0.802. The van der Waals surface area contributed by atoms with Crippen LogP contribution in [0.25, 0.3) is 0 Å². The van der Waals surface area contributed by atoms with Gasteiger partial charge in [0, 0.05) is 36.0 Å². The second-order valence-corrected chi connectivity index (χ2v) is 7.95. The third kappa shape index (κ3) is 6.40. The number of anilines is 1. The van der Waals surface area contributed by atoms with Crippen molar-refractivity contribution in [1.82, 2.24) is 15.2 Å². The molecule has 0 saturated carbocycles. The third-order valence-corrected chi connectivity index (χ3v) is 4.95. The van der Waals surface area contributed by atoms with Gasteiger partial charge < -0.3 is 15.5 Å². The first-order chi connectivity index (χ1) is 10.7. The van der Waals surface area contributed by atoms with Crippen molar-refractivity contribution < 1.29 is 9.59 Å². The van der Waals surface area contributed by atoms with Crippen LogP contribution in [0, 0.1) is 5.41 Å². The van der Waals surface area contributed by atoms with E-state index in [-0.39, 0.29) is 49.1 Å². The SMILES string of the molecule is CC1NCCN(C(=O)Cc2csc(NC(=O)C(C)(C)C)n2)C1C.Cl.Cl. The lowest BCUT2D eigenvalue weighted by Gasteiger charge is -2.38. The fraction of sp³-hybridized carbons (Fsp3) is 0.688. The number of thiazole rings is 1. The average molecular weight is 411 g/mol. The first kappa shape index (κ1) is 24.1. The van der Waals surface area contributed by atoms with Gasteiger partial charge in [-0.1, -0.05) is 20.8 Å². The molecule has 6 nitrogen and oxygen atoms in total. The number of amides is 2. The van der Waals surface area contributed by atoms with Crippen LogP contribution in [0.5, 0.6) is 0 Å². The van der Waals surface area contributed by atoms with Crippen LogP contribution in [-0.4, -0.2) is 46.9 Å². The molecule has 1 aromatic rings. The number of carbonyl (C=O) groups excluding carboxylic acids is 2. The summed E-state index contributed by atoms with van der Waals surface area (Å²) in [4.78, 5) is 30.7. The lowest BCUT2D eigenvalue weighted by molar-refractivity contribution is -0.134. The van der Waals surface area contributed by atoms with Gasteiger partial charge in [0.1, 0.15) is 0 Å². The molecule has 9 heteroatoms. The van der Waals surface area contributed by atoms with Crippen molar-refractivity contribution in [3.63, 3.8) is 0 Å². The molecule has 1 aromatic heterocycles. The van der Waals surface area contributed by atoms with E-state index in [0.717, 1.165) is 13.1 Å². The summed E-state index contributed by atoms with van der Waals surface area (Å²) in [5.74, 6) is 0.0131. The molecular weight excluding hydrogens is 383 g/mol. The highest BCUT2D eigenvalue weighted by atomic mass is 35.5. The fourth-order valence-electron chi connectivity index (χ4n) is 2.40. The number of aromatic nitrogens is 1. The summed E-state index contributed by atoms with van der Waals surface area (Å²) >= 11 is 1.36. The summed E-state index contributed by atoms with van der Waals surface area (Å²) in [6.45, 7) is 11.3. The van der Waals surface area contributed by atoms with E-state index in [1.165, 1.54) is 11.3 Å². The van der Waals surface area contributed by atoms with Crippen LogP contribution in [-0.2, 0) is 16.0 Å². The molecule has 25 heavy (non-hydrogen) atoms. The standard InChI is InChI=1S/C16H26N4O2S.2ClH/c1-10-11(2)20(7-6-17-10)13(21)8-12-9-23-15(18-12)19-14(22)16(3,4)5;;/h9-11,17H,6-8H2,1-5H3,(H,18,19,22);2*1H. The van der Waals surface area contributed by atoms with Crippen LogP contribution in [0.1, 0.15) is 40.3 Å². The van der Waals surface area contributed by atoms with E-state index in [2.05, 4.69) is 29.5 Å². The van der Waals surface area contributed by atoms with E-state index in [1.807, 2.05) is 31.1 Å². The predicted octanol–water partition coefficient (Wildman–Crippen LogP) is 2.72. The van der Waals surface area contributed by atoms with Gasteiger partial charge >= 0.3 is 0 Å². The Morgan fingerprint density at radius 2 is 2.00 bits per heavy atom. The van der Waals surface area contributed by atoms with Crippen molar-refractivity contribution in [1.29, 1.82) is 0 Å². The molecule has 2 unspecified atom stereocenters. The summed E-state index contributed by atoms with van der Waals surface area (Å²) in [6, 6.07) is 0.472. The number of nitrogens with one attached hydrogen (secondary N) is 2. The Kier molecular flexibility index (Phi) is 9.36. The highest BCUT2D eigenvalue weighted by Gasteiger charge is 2.28. The van der Waals surface area contributed by atoms with Gasteiger partial charge in [0.25, 0.3) is 0 Å². The van der Waals surface area contributed by atoms with Gasteiger partial charge in [-0.05, 0) is 13.8 Å². The zero-order chi connectivity index (χ0) is 17.2. The van der Waals surface area contributed by atoms with Crippen molar-refractivity contribution >= 4 is 53.1 Å². The van der Waals surface area contributed by atoms with Crippen LogP contribution in [0.3, 0.4) is 0 Å². The number of nitrogens with zero attached hydrogens (tertiary/aromatic N) is 2. The number of halogens is 2. The number of piperazine rings is 1. The molecule has 0 radical (unpaired) electrons. The van der Waals surface area contributed by atoms with E-state index in [9.17, 15) is 9.59 Å². The molecule has 0 aromatic carbocycles. The molecule has 0 spiro atoms. The molecule has 0 bridgehead atoms. The summed E-state index contributed by atoms with van der Waals surface area (Å²) in [5.41, 5.74) is 0.246. The van der Waals surface area contributed by atoms with Crippen LogP contribution in [0.2, 0.25) is 0 Å². The van der Waals surface area contributed by atoms with Gasteiger partial charge in [-0.15, -0.1) is 36.2 Å². The van der Waals surface area contributed by atoms with Crippen molar-refractivity contribution in [3.8, 4) is 0 Å². The Morgan fingerprint density at radius 1 is 1.36 bits per heavy atom. The molecule has 2 heterocycles. The highest BCUT2D eigenvalue weighted by molar-refractivity contribution is 7.13. The highest BCUT2D eigenvalue weighted by Crippen LogP contribution is 2.21. The van der Waals surface area contributed by atoms with Crippen molar-refractivity contribution in [2.24, 2.45) is 5.41 Å². The minimum Gasteiger partial charge on any atom is -0.337 e. The Labute approximate surface area is 166 Å². The van der Waals surface area contributed by atoms with Gasteiger partial charge in [-0.2, -0.15) is 0 Å². The lowest BCUT2D eigenvalue weighted by Crippen LogP contribution is -2.57. The Balaban J connectivity index is 0.00000288. The molecular formula is C16H28Cl2N4O2S.